The van der Waals surface area contributed by atoms with E-state index in [1.807, 2.05) is 24.3 Å². The van der Waals surface area contributed by atoms with E-state index in [0.717, 1.165) is 0 Å². The van der Waals surface area contributed by atoms with Crippen LogP contribution in [0.25, 0.3) is 0 Å². The van der Waals surface area contributed by atoms with Crippen LogP contribution in [0.3, 0.4) is 0 Å². The van der Waals surface area contributed by atoms with Gasteiger partial charge in [0, 0.05) is 12.0 Å². The second-order valence-electron chi connectivity index (χ2n) is 4.63. The van der Waals surface area contributed by atoms with E-state index in [1.54, 1.807) is 0 Å². The largest absolute Gasteiger partial charge is 0.320 e. The normalized spacial score (nSPS) is 16.9. The van der Waals surface area contributed by atoms with Crippen LogP contribution in [0.2, 0.25) is 0 Å². The van der Waals surface area contributed by atoms with Gasteiger partial charge in [-0.1, -0.05) is 30.7 Å². The van der Waals surface area contributed by atoms with E-state index in [1.165, 1.54) is 24.8 Å². The molecule has 0 spiro atoms. The Morgan fingerprint density at radius 1 is 1.41 bits per heavy atom. The summed E-state index contributed by atoms with van der Waals surface area (Å²) in [6, 6.07) is 7.24. The molecule has 2 rings (SSSR count). The molecule has 2 nitrogen and oxygen atoms in total. The number of benzene rings is 1. The maximum absolute atomic E-state index is 11.9. The highest BCUT2D eigenvalue weighted by Gasteiger charge is 2.20. The topological polar surface area (TPSA) is 43.1 Å². The Balaban J connectivity index is 2.07. The molecule has 1 aliphatic rings. The summed E-state index contributed by atoms with van der Waals surface area (Å²) >= 11 is 0. The van der Waals surface area contributed by atoms with Crippen molar-refractivity contribution in [2.75, 3.05) is 0 Å². The van der Waals surface area contributed by atoms with Crippen LogP contribution in [0.4, 0.5) is 0 Å². The first kappa shape index (κ1) is 11.9. The third kappa shape index (κ3) is 2.57. The van der Waals surface area contributed by atoms with Crippen molar-refractivity contribution in [3.05, 3.63) is 35.4 Å². The molecular weight excluding hydrogens is 210 g/mol. The molecule has 1 unspecified atom stereocenters. The Labute approximate surface area is 102 Å². The molecule has 2 heteroatoms. The summed E-state index contributed by atoms with van der Waals surface area (Å²) in [5.74, 6) is 3.05. The number of nitrogens with two attached hydrogens (primary N) is 1. The van der Waals surface area contributed by atoms with Crippen LogP contribution >= 0.6 is 0 Å². The fraction of sp³-hybridized carbons (Fsp3) is 0.400. The van der Waals surface area contributed by atoms with E-state index >= 15 is 0 Å². The quantitative estimate of drug-likeness (QED) is 0.634. The number of Topliss-reactive ketones (excluding diaryl/α,β-unsaturated/α-hetero) is 1. The molecule has 2 N–H and O–H groups in total. The Hall–Kier alpha value is -1.59. The summed E-state index contributed by atoms with van der Waals surface area (Å²) in [5, 5.41) is 0. The lowest BCUT2D eigenvalue weighted by atomic mass is 9.80. The van der Waals surface area contributed by atoms with E-state index in [0.29, 0.717) is 17.9 Å². The summed E-state index contributed by atoms with van der Waals surface area (Å²) in [4.78, 5) is 11.9. The SMILES string of the molecule is C#CCC(N)C(=O)c1ccc(C2CCC2)cc1. The van der Waals surface area contributed by atoms with Gasteiger partial charge in [-0.25, -0.2) is 0 Å². The van der Waals surface area contributed by atoms with E-state index in [2.05, 4.69) is 5.92 Å². The number of carbonyl (C=O) groups is 1. The van der Waals surface area contributed by atoms with Gasteiger partial charge < -0.3 is 5.73 Å². The van der Waals surface area contributed by atoms with Crippen molar-refractivity contribution in [2.45, 2.75) is 37.6 Å². The van der Waals surface area contributed by atoms with Crippen molar-refractivity contribution in [2.24, 2.45) is 5.73 Å². The molecule has 0 aromatic heterocycles. The number of ketones is 1. The van der Waals surface area contributed by atoms with Gasteiger partial charge in [0.2, 0.25) is 0 Å². The van der Waals surface area contributed by atoms with Crippen LogP contribution in [0.15, 0.2) is 24.3 Å². The predicted molar refractivity (Wildman–Crippen MR) is 68.8 cm³/mol. The third-order valence-electron chi connectivity index (χ3n) is 3.45. The van der Waals surface area contributed by atoms with Crippen LogP contribution in [0.5, 0.6) is 0 Å². The van der Waals surface area contributed by atoms with Crippen LogP contribution in [-0.4, -0.2) is 11.8 Å². The van der Waals surface area contributed by atoms with Crippen molar-refractivity contribution in [3.8, 4) is 12.3 Å². The van der Waals surface area contributed by atoms with E-state index in [-0.39, 0.29) is 5.78 Å². The summed E-state index contributed by atoms with van der Waals surface area (Å²) in [6.07, 6.45) is 9.30. The first-order valence-corrected chi connectivity index (χ1v) is 6.05. The molecule has 1 aromatic rings. The molecule has 88 valence electrons. The van der Waals surface area contributed by atoms with Crippen molar-refractivity contribution < 1.29 is 4.79 Å². The van der Waals surface area contributed by atoms with Crippen LogP contribution in [0, 0.1) is 12.3 Å². The second-order valence-corrected chi connectivity index (χ2v) is 4.63. The minimum Gasteiger partial charge on any atom is -0.320 e. The minimum atomic E-state index is -0.574. The van der Waals surface area contributed by atoms with Gasteiger partial charge in [0.15, 0.2) is 5.78 Å². The molecule has 0 bridgehead atoms. The molecule has 1 atom stereocenters. The molecule has 1 saturated carbocycles. The van der Waals surface area contributed by atoms with E-state index < -0.39 is 6.04 Å². The lowest BCUT2D eigenvalue weighted by molar-refractivity contribution is 0.0963. The maximum atomic E-state index is 11.9. The highest BCUT2D eigenvalue weighted by molar-refractivity contribution is 6.00. The van der Waals surface area contributed by atoms with Gasteiger partial charge in [-0.05, 0) is 24.3 Å². The Morgan fingerprint density at radius 3 is 2.53 bits per heavy atom. The molecule has 0 heterocycles. The number of hydrogen-bond donors (Lipinski definition) is 1. The predicted octanol–water partition coefficient (Wildman–Crippen LogP) is 2.49. The number of carbonyl (C=O) groups excluding carboxylic acids is 1. The van der Waals surface area contributed by atoms with Gasteiger partial charge in [0.25, 0.3) is 0 Å². The van der Waals surface area contributed by atoms with Crippen molar-refractivity contribution in [1.82, 2.24) is 0 Å². The average molecular weight is 227 g/mol. The second kappa shape index (κ2) is 5.16. The lowest BCUT2D eigenvalue weighted by Crippen LogP contribution is -2.29. The molecule has 0 saturated heterocycles. The third-order valence-corrected chi connectivity index (χ3v) is 3.45. The van der Waals surface area contributed by atoms with Gasteiger partial charge in [0.1, 0.15) is 0 Å². The smallest absolute Gasteiger partial charge is 0.180 e. The standard InChI is InChI=1S/C15H17NO/c1-2-4-14(16)15(17)13-9-7-12(8-10-13)11-5-3-6-11/h1,7-11,14H,3-6,16H2. The lowest BCUT2D eigenvalue weighted by Gasteiger charge is -2.25. The zero-order valence-electron chi connectivity index (χ0n) is 9.86. The van der Waals surface area contributed by atoms with Crippen molar-refractivity contribution in [3.63, 3.8) is 0 Å². The number of hydrogen-bond acceptors (Lipinski definition) is 2. The highest BCUT2D eigenvalue weighted by Crippen LogP contribution is 2.36. The van der Waals surface area contributed by atoms with Crippen LogP contribution in [0.1, 0.15) is 47.5 Å². The number of terminal acetylenes is 1. The average Bonchev–Trinajstić information content (AvgIpc) is 2.27. The fourth-order valence-electron chi connectivity index (χ4n) is 2.09. The van der Waals surface area contributed by atoms with E-state index in [9.17, 15) is 4.79 Å². The Morgan fingerprint density at radius 2 is 2.06 bits per heavy atom. The maximum Gasteiger partial charge on any atom is 0.180 e. The molecule has 17 heavy (non-hydrogen) atoms. The Bertz CT molecular complexity index is 437. The molecule has 0 radical (unpaired) electrons. The summed E-state index contributed by atoms with van der Waals surface area (Å²) in [5.41, 5.74) is 7.70. The van der Waals surface area contributed by atoms with Crippen LogP contribution in [-0.2, 0) is 0 Å². The van der Waals surface area contributed by atoms with Crippen molar-refractivity contribution >= 4 is 5.78 Å². The fourth-order valence-corrected chi connectivity index (χ4v) is 2.09. The summed E-state index contributed by atoms with van der Waals surface area (Å²) < 4.78 is 0. The van der Waals surface area contributed by atoms with Gasteiger partial charge in [-0.2, -0.15) is 0 Å². The molecule has 1 aromatic carbocycles. The first-order chi connectivity index (χ1) is 8.22. The van der Waals surface area contributed by atoms with E-state index in [4.69, 9.17) is 12.2 Å². The molecular formula is C15H17NO. The molecule has 1 fully saturated rings. The molecule has 0 aliphatic heterocycles. The minimum absolute atomic E-state index is 0.0666. The van der Waals surface area contributed by atoms with Gasteiger partial charge in [-0.3, -0.25) is 4.79 Å². The summed E-state index contributed by atoms with van der Waals surface area (Å²) in [6.45, 7) is 0. The van der Waals surface area contributed by atoms with Crippen molar-refractivity contribution in [1.29, 1.82) is 0 Å². The highest BCUT2D eigenvalue weighted by atomic mass is 16.1. The van der Waals surface area contributed by atoms with Gasteiger partial charge >= 0.3 is 0 Å². The van der Waals surface area contributed by atoms with Gasteiger partial charge in [-0.15, -0.1) is 12.3 Å². The van der Waals surface area contributed by atoms with Crippen LogP contribution < -0.4 is 5.73 Å². The summed E-state index contributed by atoms with van der Waals surface area (Å²) in [7, 11) is 0. The first-order valence-electron chi connectivity index (χ1n) is 6.05. The molecule has 0 amide bonds. The monoisotopic (exact) mass is 227 g/mol. The number of rotatable bonds is 4. The molecule has 1 aliphatic carbocycles. The Kier molecular flexibility index (Phi) is 3.61. The van der Waals surface area contributed by atoms with Gasteiger partial charge in [0.05, 0.1) is 6.04 Å². The zero-order chi connectivity index (χ0) is 12.3. The zero-order valence-corrected chi connectivity index (χ0v) is 9.86.